The van der Waals surface area contributed by atoms with E-state index in [9.17, 15) is 0 Å². The van der Waals surface area contributed by atoms with Crippen molar-refractivity contribution >= 4 is 60.7 Å². The van der Waals surface area contributed by atoms with E-state index in [4.69, 9.17) is 9.40 Å². The number of para-hydroxylation sites is 2. The quantitative estimate of drug-likeness (QED) is 0.193. The van der Waals surface area contributed by atoms with Gasteiger partial charge in [0.25, 0.3) is 0 Å². The molecule has 3 aromatic heterocycles. The van der Waals surface area contributed by atoms with E-state index in [1.54, 1.807) is 0 Å². The molecule has 0 aliphatic carbocycles. The van der Waals surface area contributed by atoms with E-state index in [-0.39, 0.29) is 0 Å². The minimum atomic E-state index is 0.906. The van der Waals surface area contributed by atoms with Crippen molar-refractivity contribution in [3.05, 3.63) is 152 Å². The standard InChI is InChI=1S/C42H25N3O/c1-2-8-26(9-3-1)28-18-21-36-34(24-28)32-12-7-14-38-40(32)41(44-36)35-25-43-23-22-37(35)45(38)29-19-16-27(17-20-29)30-11-6-13-33-31-10-4-5-15-39(31)46-42(30)33/h1-25H. The van der Waals surface area contributed by atoms with Gasteiger partial charge >= 0.3 is 0 Å². The molecule has 4 nitrogen and oxygen atoms in total. The molecular formula is C42H25N3O. The van der Waals surface area contributed by atoms with Crippen molar-refractivity contribution in [3.8, 4) is 33.5 Å². The van der Waals surface area contributed by atoms with Gasteiger partial charge in [0, 0.05) is 50.8 Å². The zero-order valence-electron chi connectivity index (χ0n) is 24.7. The second-order valence-corrected chi connectivity index (χ2v) is 11.8. The molecule has 4 heteroatoms. The van der Waals surface area contributed by atoms with Crippen LogP contribution < -0.4 is 4.90 Å². The molecule has 0 saturated heterocycles. The number of anilines is 3. The zero-order chi connectivity index (χ0) is 30.2. The maximum absolute atomic E-state index is 6.36. The minimum Gasteiger partial charge on any atom is -0.455 e. The van der Waals surface area contributed by atoms with E-state index in [2.05, 4.69) is 137 Å². The Morgan fingerprint density at radius 3 is 2.22 bits per heavy atom. The Bertz CT molecular complexity index is 2640. The summed E-state index contributed by atoms with van der Waals surface area (Å²) >= 11 is 0. The molecule has 1 aliphatic rings. The molecule has 0 saturated carbocycles. The molecule has 0 unspecified atom stereocenters. The number of aromatic nitrogens is 2. The second kappa shape index (κ2) is 9.62. The lowest BCUT2D eigenvalue weighted by Crippen LogP contribution is -2.16. The van der Waals surface area contributed by atoms with E-state index < -0.39 is 0 Å². The van der Waals surface area contributed by atoms with Gasteiger partial charge in [-0.2, -0.15) is 0 Å². The summed E-state index contributed by atoms with van der Waals surface area (Å²) in [5.74, 6) is 0. The largest absolute Gasteiger partial charge is 0.455 e. The van der Waals surface area contributed by atoms with Crippen LogP contribution in [0.1, 0.15) is 0 Å². The highest BCUT2D eigenvalue weighted by molar-refractivity contribution is 6.20. The van der Waals surface area contributed by atoms with Crippen LogP contribution in [0.2, 0.25) is 0 Å². The molecule has 0 amide bonds. The van der Waals surface area contributed by atoms with Gasteiger partial charge in [0.2, 0.25) is 0 Å². The van der Waals surface area contributed by atoms with Crippen LogP contribution in [0.3, 0.4) is 0 Å². The molecule has 214 valence electrons. The molecule has 6 aromatic carbocycles. The van der Waals surface area contributed by atoms with Crippen molar-refractivity contribution in [3.63, 3.8) is 0 Å². The predicted molar refractivity (Wildman–Crippen MR) is 189 cm³/mol. The Morgan fingerprint density at radius 1 is 0.522 bits per heavy atom. The summed E-state index contributed by atoms with van der Waals surface area (Å²) in [5, 5.41) is 5.73. The highest BCUT2D eigenvalue weighted by Gasteiger charge is 2.28. The van der Waals surface area contributed by atoms with Crippen LogP contribution in [0.4, 0.5) is 17.1 Å². The number of hydrogen-bond donors (Lipinski definition) is 0. The topological polar surface area (TPSA) is 42.2 Å². The predicted octanol–water partition coefficient (Wildman–Crippen LogP) is 11.5. The second-order valence-electron chi connectivity index (χ2n) is 11.8. The van der Waals surface area contributed by atoms with Crippen LogP contribution in [0, 0.1) is 0 Å². The Labute approximate surface area is 264 Å². The van der Waals surface area contributed by atoms with Crippen molar-refractivity contribution in [2.75, 3.05) is 4.90 Å². The van der Waals surface area contributed by atoms with E-state index in [0.717, 1.165) is 77.7 Å². The van der Waals surface area contributed by atoms with Crippen molar-refractivity contribution in [2.45, 2.75) is 0 Å². The lowest BCUT2D eigenvalue weighted by Gasteiger charge is -2.33. The number of nitrogens with zero attached hydrogens (tertiary/aromatic N) is 3. The number of fused-ring (bicyclic) bond motifs is 7. The number of pyridine rings is 2. The van der Waals surface area contributed by atoms with E-state index >= 15 is 0 Å². The summed E-state index contributed by atoms with van der Waals surface area (Å²) in [5.41, 5.74) is 12.6. The fourth-order valence-corrected chi connectivity index (χ4v) is 7.17. The van der Waals surface area contributed by atoms with Crippen LogP contribution in [0.15, 0.2) is 156 Å². The summed E-state index contributed by atoms with van der Waals surface area (Å²) in [7, 11) is 0. The summed E-state index contributed by atoms with van der Waals surface area (Å²) in [6.07, 6.45) is 3.81. The SMILES string of the molecule is c1ccc(-c2ccc3nc4c5c(cccc5c3c2)N(c2ccc(-c3cccc5c3oc3ccccc35)cc2)c2ccncc2-4)cc1. The average Bonchev–Trinajstić information content (AvgIpc) is 3.51. The third-order valence-electron chi connectivity index (χ3n) is 9.28. The third kappa shape index (κ3) is 3.61. The first-order valence-corrected chi connectivity index (χ1v) is 15.5. The first kappa shape index (κ1) is 25.1. The maximum atomic E-state index is 6.36. The van der Waals surface area contributed by atoms with Crippen LogP contribution in [-0.4, -0.2) is 9.97 Å². The first-order valence-electron chi connectivity index (χ1n) is 15.5. The lowest BCUT2D eigenvalue weighted by molar-refractivity contribution is 0.670. The molecule has 4 heterocycles. The molecule has 0 bridgehead atoms. The Kier molecular flexibility index (Phi) is 5.25. The van der Waals surface area contributed by atoms with Crippen LogP contribution in [0.5, 0.6) is 0 Å². The van der Waals surface area contributed by atoms with Gasteiger partial charge in [0.1, 0.15) is 11.2 Å². The highest BCUT2D eigenvalue weighted by atomic mass is 16.3. The van der Waals surface area contributed by atoms with Gasteiger partial charge in [-0.3, -0.25) is 4.98 Å². The van der Waals surface area contributed by atoms with Gasteiger partial charge in [0.15, 0.2) is 0 Å². The van der Waals surface area contributed by atoms with Crippen LogP contribution >= 0.6 is 0 Å². The van der Waals surface area contributed by atoms with Crippen LogP contribution in [-0.2, 0) is 0 Å². The van der Waals surface area contributed by atoms with Crippen molar-refractivity contribution in [1.82, 2.24) is 9.97 Å². The first-order chi connectivity index (χ1) is 22.8. The lowest BCUT2D eigenvalue weighted by atomic mass is 9.92. The molecule has 46 heavy (non-hydrogen) atoms. The summed E-state index contributed by atoms with van der Waals surface area (Å²) < 4.78 is 6.36. The minimum absolute atomic E-state index is 0.906. The van der Waals surface area contributed by atoms with Crippen LogP contribution in [0.25, 0.3) is 77.1 Å². The summed E-state index contributed by atoms with van der Waals surface area (Å²) in [4.78, 5) is 12.1. The number of hydrogen-bond acceptors (Lipinski definition) is 4. The highest BCUT2D eigenvalue weighted by Crippen LogP contribution is 2.51. The molecule has 10 rings (SSSR count). The van der Waals surface area contributed by atoms with Gasteiger partial charge in [-0.15, -0.1) is 0 Å². The Balaban J connectivity index is 1.16. The summed E-state index contributed by atoms with van der Waals surface area (Å²) in [6, 6.07) is 49.2. The fourth-order valence-electron chi connectivity index (χ4n) is 7.17. The molecule has 1 aliphatic heterocycles. The molecule has 0 atom stereocenters. The molecule has 0 radical (unpaired) electrons. The zero-order valence-corrected chi connectivity index (χ0v) is 24.7. The van der Waals surface area contributed by atoms with E-state index in [0.29, 0.717) is 0 Å². The van der Waals surface area contributed by atoms with Crippen molar-refractivity contribution < 1.29 is 4.42 Å². The smallest absolute Gasteiger partial charge is 0.143 e. The third-order valence-corrected chi connectivity index (χ3v) is 9.28. The number of rotatable bonds is 3. The fraction of sp³-hybridized carbons (Fsp3) is 0. The van der Waals surface area contributed by atoms with Gasteiger partial charge in [-0.05, 0) is 64.5 Å². The Morgan fingerprint density at radius 2 is 1.30 bits per heavy atom. The number of benzene rings is 6. The number of furan rings is 1. The van der Waals surface area contributed by atoms with E-state index in [1.807, 2.05) is 24.5 Å². The van der Waals surface area contributed by atoms with Crippen molar-refractivity contribution in [1.29, 1.82) is 0 Å². The monoisotopic (exact) mass is 587 g/mol. The average molecular weight is 588 g/mol. The molecule has 0 fully saturated rings. The molecule has 0 spiro atoms. The molecule has 9 aromatic rings. The Hall–Kier alpha value is -6.26. The molecular weight excluding hydrogens is 562 g/mol. The normalized spacial score (nSPS) is 12.3. The summed E-state index contributed by atoms with van der Waals surface area (Å²) in [6.45, 7) is 0. The van der Waals surface area contributed by atoms with Crippen molar-refractivity contribution in [2.24, 2.45) is 0 Å². The van der Waals surface area contributed by atoms with Gasteiger partial charge in [-0.25, -0.2) is 4.98 Å². The van der Waals surface area contributed by atoms with Gasteiger partial charge in [0.05, 0.1) is 22.6 Å². The molecule has 0 N–H and O–H groups in total. The van der Waals surface area contributed by atoms with Gasteiger partial charge < -0.3 is 9.32 Å². The maximum Gasteiger partial charge on any atom is 0.143 e. The van der Waals surface area contributed by atoms with E-state index in [1.165, 1.54) is 16.5 Å². The van der Waals surface area contributed by atoms with Gasteiger partial charge in [-0.1, -0.05) is 97.1 Å².